The Bertz CT molecular complexity index is 831. The standard InChI is InChI=1S/C18H22N2O4S2/c1-4-11-20(13-18(21)19-14(2)17-6-5-12-25-17)26(22,23)16-9-7-15(24-3)8-10-16/h4-10,12,14H,1,11,13H2,2-3H3,(H,19,21). The topological polar surface area (TPSA) is 75.7 Å². The second-order valence-electron chi connectivity index (χ2n) is 5.57. The van der Waals surface area contributed by atoms with Gasteiger partial charge >= 0.3 is 0 Å². The van der Waals surface area contributed by atoms with Crippen molar-refractivity contribution in [2.75, 3.05) is 20.2 Å². The van der Waals surface area contributed by atoms with Crippen LogP contribution in [0, 0.1) is 0 Å². The van der Waals surface area contributed by atoms with E-state index in [9.17, 15) is 13.2 Å². The number of hydrogen-bond donors (Lipinski definition) is 1. The molecule has 0 radical (unpaired) electrons. The van der Waals surface area contributed by atoms with Crippen LogP contribution in [0.5, 0.6) is 5.75 Å². The number of carbonyl (C=O) groups excluding carboxylic acids is 1. The van der Waals surface area contributed by atoms with Gasteiger partial charge in [-0.15, -0.1) is 17.9 Å². The van der Waals surface area contributed by atoms with Gasteiger partial charge in [-0.2, -0.15) is 4.31 Å². The Hall–Kier alpha value is -2.16. The third kappa shape index (κ3) is 4.94. The zero-order chi connectivity index (χ0) is 19.2. The first-order chi connectivity index (χ1) is 12.4. The molecular weight excluding hydrogens is 372 g/mol. The van der Waals surface area contributed by atoms with E-state index in [0.717, 1.165) is 9.18 Å². The first kappa shape index (κ1) is 20.2. The van der Waals surface area contributed by atoms with Crippen LogP contribution in [0.4, 0.5) is 0 Å². The van der Waals surface area contributed by atoms with Gasteiger partial charge < -0.3 is 10.1 Å². The Balaban J connectivity index is 2.13. The highest BCUT2D eigenvalue weighted by molar-refractivity contribution is 7.89. The first-order valence-corrected chi connectivity index (χ1v) is 10.3. The molecular formula is C18H22N2O4S2. The summed E-state index contributed by atoms with van der Waals surface area (Å²) in [6.45, 7) is 5.20. The Morgan fingerprint density at radius 2 is 2.04 bits per heavy atom. The van der Waals surface area contributed by atoms with Gasteiger partial charge in [0.05, 0.1) is 24.6 Å². The number of rotatable bonds is 9. The Morgan fingerprint density at radius 1 is 1.35 bits per heavy atom. The van der Waals surface area contributed by atoms with Gasteiger partial charge in [-0.05, 0) is 42.6 Å². The zero-order valence-corrected chi connectivity index (χ0v) is 16.3. The summed E-state index contributed by atoms with van der Waals surface area (Å²) in [5, 5.41) is 4.75. The molecule has 1 amide bonds. The lowest BCUT2D eigenvalue weighted by Gasteiger charge is -2.21. The number of amides is 1. The first-order valence-electron chi connectivity index (χ1n) is 7.96. The van der Waals surface area contributed by atoms with Crippen LogP contribution in [0.2, 0.25) is 0 Å². The molecule has 0 aliphatic carbocycles. The molecule has 1 aromatic heterocycles. The number of sulfonamides is 1. The summed E-state index contributed by atoms with van der Waals surface area (Å²) in [7, 11) is -2.32. The number of carbonyl (C=O) groups is 1. The maximum atomic E-state index is 12.8. The van der Waals surface area contributed by atoms with E-state index in [1.807, 2.05) is 24.4 Å². The minimum absolute atomic E-state index is 0.0369. The van der Waals surface area contributed by atoms with E-state index in [4.69, 9.17) is 4.74 Å². The fourth-order valence-corrected chi connectivity index (χ4v) is 4.45. The van der Waals surface area contributed by atoms with Crippen LogP contribution in [0.1, 0.15) is 17.8 Å². The van der Waals surface area contributed by atoms with E-state index in [-0.39, 0.29) is 29.9 Å². The van der Waals surface area contributed by atoms with E-state index in [1.165, 1.54) is 36.7 Å². The fourth-order valence-electron chi connectivity index (χ4n) is 2.34. The molecule has 1 unspecified atom stereocenters. The largest absolute Gasteiger partial charge is 0.497 e. The van der Waals surface area contributed by atoms with Gasteiger partial charge in [-0.1, -0.05) is 12.1 Å². The number of ether oxygens (including phenoxy) is 1. The minimum atomic E-state index is -3.82. The fraction of sp³-hybridized carbons (Fsp3) is 0.278. The van der Waals surface area contributed by atoms with Crippen molar-refractivity contribution in [3.8, 4) is 5.75 Å². The van der Waals surface area contributed by atoms with Crippen molar-refractivity contribution in [2.24, 2.45) is 0 Å². The van der Waals surface area contributed by atoms with Gasteiger partial charge in [-0.3, -0.25) is 4.79 Å². The van der Waals surface area contributed by atoms with E-state index in [2.05, 4.69) is 11.9 Å². The number of hydrogen-bond acceptors (Lipinski definition) is 5. The average molecular weight is 395 g/mol. The van der Waals surface area contributed by atoms with Gasteiger partial charge in [0.25, 0.3) is 0 Å². The third-order valence-electron chi connectivity index (χ3n) is 3.70. The molecule has 0 bridgehead atoms. The van der Waals surface area contributed by atoms with Gasteiger partial charge in [0, 0.05) is 11.4 Å². The molecule has 0 spiro atoms. The predicted molar refractivity (Wildman–Crippen MR) is 103 cm³/mol. The number of nitrogens with one attached hydrogen (secondary N) is 1. The number of thiophene rings is 1. The summed E-state index contributed by atoms with van der Waals surface area (Å²) >= 11 is 1.53. The van der Waals surface area contributed by atoms with Crippen molar-refractivity contribution in [2.45, 2.75) is 17.9 Å². The molecule has 0 fully saturated rings. The second-order valence-corrected chi connectivity index (χ2v) is 8.48. The van der Waals surface area contributed by atoms with Crippen LogP contribution in [0.3, 0.4) is 0 Å². The lowest BCUT2D eigenvalue weighted by atomic mass is 10.3. The van der Waals surface area contributed by atoms with E-state index < -0.39 is 10.0 Å². The van der Waals surface area contributed by atoms with Crippen LogP contribution in [-0.4, -0.2) is 38.8 Å². The maximum Gasteiger partial charge on any atom is 0.243 e. The Kier molecular flexibility index (Phi) is 6.96. The van der Waals surface area contributed by atoms with Crippen molar-refractivity contribution >= 4 is 27.3 Å². The highest BCUT2D eigenvalue weighted by Gasteiger charge is 2.26. The van der Waals surface area contributed by atoms with Crippen LogP contribution in [0.15, 0.2) is 59.3 Å². The summed E-state index contributed by atoms with van der Waals surface area (Å²) in [5.41, 5.74) is 0. The third-order valence-corrected chi connectivity index (χ3v) is 6.58. The number of nitrogens with zero attached hydrogens (tertiary/aromatic N) is 1. The molecule has 0 aliphatic heterocycles. The second kappa shape index (κ2) is 8.98. The highest BCUT2D eigenvalue weighted by atomic mass is 32.2. The predicted octanol–water partition coefficient (Wildman–Crippen LogP) is 2.81. The molecule has 0 saturated carbocycles. The average Bonchev–Trinajstić information content (AvgIpc) is 3.16. The van der Waals surface area contributed by atoms with Crippen molar-refractivity contribution < 1.29 is 17.9 Å². The summed E-state index contributed by atoms with van der Waals surface area (Å²) < 4.78 is 31.8. The molecule has 1 atom stereocenters. The van der Waals surface area contributed by atoms with Crippen molar-refractivity contribution in [1.82, 2.24) is 9.62 Å². The molecule has 1 N–H and O–H groups in total. The summed E-state index contributed by atoms with van der Waals surface area (Å²) in [5.74, 6) is 0.187. The van der Waals surface area contributed by atoms with Crippen LogP contribution in [-0.2, 0) is 14.8 Å². The van der Waals surface area contributed by atoms with Crippen LogP contribution < -0.4 is 10.1 Å². The van der Waals surface area contributed by atoms with Crippen molar-refractivity contribution in [3.05, 3.63) is 59.3 Å². The number of methoxy groups -OCH3 is 1. The molecule has 2 aromatic rings. The maximum absolute atomic E-state index is 12.8. The lowest BCUT2D eigenvalue weighted by molar-refractivity contribution is -0.121. The Labute approximate surface area is 158 Å². The van der Waals surface area contributed by atoms with E-state index >= 15 is 0 Å². The molecule has 2 rings (SSSR count). The van der Waals surface area contributed by atoms with Gasteiger partial charge in [0.2, 0.25) is 15.9 Å². The zero-order valence-electron chi connectivity index (χ0n) is 14.7. The molecule has 140 valence electrons. The molecule has 1 aromatic carbocycles. The van der Waals surface area contributed by atoms with Gasteiger partial charge in [0.1, 0.15) is 5.75 Å². The van der Waals surface area contributed by atoms with Gasteiger partial charge in [-0.25, -0.2) is 8.42 Å². The summed E-state index contributed by atoms with van der Waals surface area (Å²) in [6, 6.07) is 9.69. The molecule has 1 heterocycles. The molecule has 8 heteroatoms. The Morgan fingerprint density at radius 3 is 2.58 bits per heavy atom. The molecule has 6 nitrogen and oxygen atoms in total. The smallest absolute Gasteiger partial charge is 0.243 e. The molecule has 0 saturated heterocycles. The molecule has 0 aliphatic rings. The minimum Gasteiger partial charge on any atom is -0.497 e. The van der Waals surface area contributed by atoms with Crippen molar-refractivity contribution in [1.29, 1.82) is 0 Å². The number of benzene rings is 1. The summed E-state index contributed by atoms with van der Waals surface area (Å²) in [4.78, 5) is 13.4. The monoisotopic (exact) mass is 394 g/mol. The van der Waals surface area contributed by atoms with Gasteiger partial charge in [0.15, 0.2) is 0 Å². The summed E-state index contributed by atoms with van der Waals surface area (Å²) in [6.07, 6.45) is 1.46. The quantitative estimate of drug-likeness (QED) is 0.664. The van der Waals surface area contributed by atoms with E-state index in [1.54, 1.807) is 12.1 Å². The lowest BCUT2D eigenvalue weighted by Crippen LogP contribution is -2.41. The normalized spacial score (nSPS) is 12.6. The molecule has 26 heavy (non-hydrogen) atoms. The van der Waals surface area contributed by atoms with Crippen molar-refractivity contribution in [3.63, 3.8) is 0 Å². The highest BCUT2D eigenvalue weighted by Crippen LogP contribution is 2.20. The SMILES string of the molecule is C=CCN(CC(=O)NC(C)c1cccs1)S(=O)(=O)c1ccc(OC)cc1. The van der Waals surface area contributed by atoms with Crippen LogP contribution in [0.25, 0.3) is 0 Å². The van der Waals surface area contributed by atoms with E-state index in [0.29, 0.717) is 5.75 Å². The van der Waals surface area contributed by atoms with Crippen LogP contribution >= 0.6 is 11.3 Å².